The van der Waals surface area contributed by atoms with E-state index >= 15 is 0 Å². The Hall–Kier alpha value is -0.680. The molecule has 17 heavy (non-hydrogen) atoms. The number of rotatable bonds is 1. The normalized spacial score (nSPS) is 23.7. The fourth-order valence-electron chi connectivity index (χ4n) is 1.99. The van der Waals surface area contributed by atoms with Crippen LogP contribution in [0, 0.1) is 6.92 Å². The van der Waals surface area contributed by atoms with Crippen molar-refractivity contribution in [2.24, 2.45) is 0 Å². The van der Waals surface area contributed by atoms with Crippen molar-refractivity contribution in [3.05, 3.63) is 21.9 Å². The van der Waals surface area contributed by atoms with E-state index in [1.54, 1.807) is 0 Å². The van der Waals surface area contributed by atoms with Crippen LogP contribution in [0.25, 0.3) is 0 Å². The Kier molecular flexibility index (Phi) is 3.41. The van der Waals surface area contributed by atoms with E-state index in [1.165, 1.54) is 11.3 Å². The Labute approximate surface area is 108 Å². The molecule has 0 aliphatic carbocycles. The summed E-state index contributed by atoms with van der Waals surface area (Å²) in [6.07, 6.45) is 0. The predicted octanol–water partition coefficient (Wildman–Crippen LogP) is 2.04. The first kappa shape index (κ1) is 12.8. The second-order valence-electron chi connectivity index (χ2n) is 4.97. The van der Waals surface area contributed by atoms with Gasteiger partial charge in [0.15, 0.2) is 0 Å². The summed E-state index contributed by atoms with van der Waals surface area (Å²) in [6, 6.07) is 1.96. The lowest BCUT2D eigenvalue weighted by Gasteiger charge is -2.37. The Bertz CT molecular complexity index is 465. The van der Waals surface area contributed by atoms with Gasteiger partial charge in [-0.3, -0.25) is 9.00 Å². The topological polar surface area (TPSA) is 37.4 Å². The van der Waals surface area contributed by atoms with Crippen molar-refractivity contribution in [3.8, 4) is 0 Å². The third-order valence-corrected chi connectivity index (χ3v) is 6.00. The highest BCUT2D eigenvalue weighted by atomic mass is 32.2. The van der Waals surface area contributed by atoms with E-state index in [4.69, 9.17) is 0 Å². The first-order valence-electron chi connectivity index (χ1n) is 5.64. The molecule has 0 bridgehead atoms. The Morgan fingerprint density at radius 1 is 1.53 bits per heavy atom. The third kappa shape index (κ3) is 2.45. The molecule has 0 aromatic carbocycles. The van der Waals surface area contributed by atoms with Crippen molar-refractivity contribution in [3.63, 3.8) is 0 Å². The Morgan fingerprint density at radius 2 is 2.24 bits per heavy atom. The van der Waals surface area contributed by atoms with Gasteiger partial charge in [0.05, 0.1) is 9.62 Å². The summed E-state index contributed by atoms with van der Waals surface area (Å²) in [5, 5.41) is 1.94. The zero-order valence-corrected chi connectivity index (χ0v) is 12.0. The van der Waals surface area contributed by atoms with Gasteiger partial charge in [0.1, 0.15) is 0 Å². The van der Waals surface area contributed by atoms with Crippen molar-refractivity contribution in [2.75, 3.05) is 18.8 Å². The van der Waals surface area contributed by atoms with Crippen LogP contribution in [0.1, 0.15) is 29.1 Å². The quantitative estimate of drug-likeness (QED) is 0.784. The number of carbonyl (C=O) groups is 1. The Balaban J connectivity index is 2.17. The van der Waals surface area contributed by atoms with E-state index in [0.29, 0.717) is 18.8 Å². The maximum Gasteiger partial charge on any atom is 0.264 e. The molecule has 1 aliphatic heterocycles. The van der Waals surface area contributed by atoms with Crippen LogP contribution in [0.15, 0.2) is 11.4 Å². The molecule has 1 aromatic heterocycles. The van der Waals surface area contributed by atoms with E-state index in [0.717, 1.165) is 10.4 Å². The lowest BCUT2D eigenvalue weighted by Crippen LogP contribution is -2.52. The summed E-state index contributed by atoms with van der Waals surface area (Å²) in [7, 11) is -0.830. The van der Waals surface area contributed by atoms with E-state index in [-0.39, 0.29) is 10.7 Å². The van der Waals surface area contributed by atoms with Crippen molar-refractivity contribution < 1.29 is 9.00 Å². The zero-order chi connectivity index (χ0) is 12.6. The van der Waals surface area contributed by atoms with E-state index in [9.17, 15) is 9.00 Å². The van der Waals surface area contributed by atoms with Crippen LogP contribution in [-0.4, -0.2) is 38.6 Å². The molecule has 1 aromatic rings. The van der Waals surface area contributed by atoms with Crippen molar-refractivity contribution >= 4 is 28.0 Å². The van der Waals surface area contributed by atoms with Crippen LogP contribution in [0.4, 0.5) is 0 Å². The summed E-state index contributed by atoms with van der Waals surface area (Å²) in [6.45, 7) is 7.06. The first-order valence-corrected chi connectivity index (χ1v) is 7.83. The van der Waals surface area contributed by atoms with Gasteiger partial charge in [-0.2, -0.15) is 0 Å². The molecule has 2 heterocycles. The molecule has 1 aliphatic rings. The molecule has 1 atom stereocenters. The van der Waals surface area contributed by atoms with Gasteiger partial charge in [-0.05, 0) is 37.8 Å². The fraction of sp³-hybridized carbons (Fsp3) is 0.583. The molecule has 0 N–H and O–H groups in total. The minimum absolute atomic E-state index is 0.0854. The second kappa shape index (κ2) is 4.53. The molecule has 94 valence electrons. The van der Waals surface area contributed by atoms with Gasteiger partial charge in [-0.15, -0.1) is 11.3 Å². The molecule has 0 spiro atoms. The third-order valence-electron chi connectivity index (χ3n) is 3.08. The van der Waals surface area contributed by atoms with E-state index < -0.39 is 10.8 Å². The lowest BCUT2D eigenvalue weighted by molar-refractivity contribution is 0.0750. The SMILES string of the molecule is Cc1ccsc1C(=O)N1CCS(=O)C(C)(C)C1. The van der Waals surface area contributed by atoms with Gasteiger partial charge in [0, 0.05) is 29.6 Å². The molecule has 1 unspecified atom stereocenters. The van der Waals surface area contributed by atoms with Gasteiger partial charge in [0.25, 0.3) is 5.91 Å². The molecular weight excluding hydrogens is 254 g/mol. The minimum Gasteiger partial charge on any atom is -0.336 e. The zero-order valence-electron chi connectivity index (χ0n) is 10.4. The van der Waals surface area contributed by atoms with Crippen LogP contribution in [0.3, 0.4) is 0 Å². The number of hydrogen-bond acceptors (Lipinski definition) is 3. The number of carbonyl (C=O) groups excluding carboxylic acids is 1. The molecule has 0 radical (unpaired) electrons. The average molecular weight is 271 g/mol. The van der Waals surface area contributed by atoms with Gasteiger partial charge in [-0.1, -0.05) is 0 Å². The van der Waals surface area contributed by atoms with Crippen LogP contribution < -0.4 is 0 Å². The maximum atomic E-state index is 12.3. The Morgan fingerprint density at radius 3 is 2.76 bits per heavy atom. The largest absolute Gasteiger partial charge is 0.336 e. The molecule has 1 fully saturated rings. The van der Waals surface area contributed by atoms with Crippen LogP contribution in [0.2, 0.25) is 0 Å². The number of amides is 1. The smallest absolute Gasteiger partial charge is 0.264 e. The lowest BCUT2D eigenvalue weighted by atomic mass is 10.1. The van der Waals surface area contributed by atoms with Crippen molar-refractivity contribution in [2.45, 2.75) is 25.5 Å². The number of aryl methyl sites for hydroxylation is 1. The van der Waals surface area contributed by atoms with Gasteiger partial charge in [-0.25, -0.2) is 0 Å². The molecule has 3 nitrogen and oxygen atoms in total. The minimum atomic E-state index is -0.830. The molecule has 5 heteroatoms. The number of thiophene rings is 1. The monoisotopic (exact) mass is 271 g/mol. The second-order valence-corrected chi connectivity index (χ2v) is 8.09. The number of hydrogen-bond donors (Lipinski definition) is 0. The summed E-state index contributed by atoms with van der Waals surface area (Å²) in [4.78, 5) is 15.0. The highest BCUT2D eigenvalue weighted by Crippen LogP contribution is 2.24. The summed E-state index contributed by atoms with van der Waals surface area (Å²) >= 11 is 1.49. The van der Waals surface area contributed by atoms with E-state index in [1.807, 2.05) is 37.1 Å². The molecule has 1 amide bonds. The number of nitrogens with zero attached hydrogens (tertiary/aromatic N) is 1. The van der Waals surface area contributed by atoms with Crippen molar-refractivity contribution in [1.29, 1.82) is 0 Å². The maximum absolute atomic E-state index is 12.3. The summed E-state index contributed by atoms with van der Waals surface area (Å²) in [5.74, 6) is 0.672. The first-order chi connectivity index (χ1) is 7.92. The predicted molar refractivity (Wildman–Crippen MR) is 72.0 cm³/mol. The van der Waals surface area contributed by atoms with Crippen LogP contribution >= 0.6 is 11.3 Å². The molecule has 2 rings (SSSR count). The summed E-state index contributed by atoms with van der Waals surface area (Å²) < 4.78 is 11.5. The fourth-order valence-corrected chi connectivity index (χ4v) is 4.12. The summed E-state index contributed by atoms with van der Waals surface area (Å²) in [5.41, 5.74) is 1.03. The highest BCUT2D eigenvalue weighted by molar-refractivity contribution is 7.86. The van der Waals surface area contributed by atoms with Crippen molar-refractivity contribution in [1.82, 2.24) is 4.90 Å². The highest BCUT2D eigenvalue weighted by Gasteiger charge is 2.35. The van der Waals surface area contributed by atoms with Gasteiger partial charge >= 0.3 is 0 Å². The molecule has 0 saturated carbocycles. The van der Waals surface area contributed by atoms with Crippen LogP contribution in [-0.2, 0) is 10.8 Å². The molecule has 1 saturated heterocycles. The van der Waals surface area contributed by atoms with E-state index in [2.05, 4.69) is 0 Å². The van der Waals surface area contributed by atoms with Crippen LogP contribution in [0.5, 0.6) is 0 Å². The standard InChI is InChI=1S/C12H17NO2S2/c1-9-4-6-16-10(9)11(14)13-5-7-17(15)12(2,3)8-13/h4,6H,5,7-8H2,1-3H3. The van der Waals surface area contributed by atoms with Gasteiger partial charge in [0.2, 0.25) is 0 Å². The average Bonchev–Trinajstić information content (AvgIpc) is 2.67. The molecular formula is C12H17NO2S2. The van der Waals surface area contributed by atoms with Gasteiger partial charge < -0.3 is 4.90 Å².